The maximum atomic E-state index is 5.34. The highest BCUT2D eigenvalue weighted by atomic mass is 16.5. The van der Waals surface area contributed by atoms with E-state index in [0.29, 0.717) is 17.2 Å². The first-order valence-corrected chi connectivity index (χ1v) is 7.08. The fourth-order valence-corrected chi connectivity index (χ4v) is 2.32. The van der Waals surface area contributed by atoms with Gasteiger partial charge < -0.3 is 19.1 Å². The number of likely N-dealkylation sites (N-methyl/N-ethyl adjacent to an activating group) is 1. The van der Waals surface area contributed by atoms with E-state index in [-0.39, 0.29) is 0 Å². The summed E-state index contributed by atoms with van der Waals surface area (Å²) in [7, 11) is 7.03. The molecule has 1 heterocycles. The van der Waals surface area contributed by atoms with Crippen molar-refractivity contribution in [2.24, 2.45) is 5.10 Å². The summed E-state index contributed by atoms with van der Waals surface area (Å²) in [4.78, 5) is 1.55. The average Bonchev–Trinajstić information content (AvgIpc) is 2.53. The highest BCUT2D eigenvalue weighted by Gasteiger charge is 2.15. The quantitative estimate of drug-likeness (QED) is 0.769. The summed E-state index contributed by atoms with van der Waals surface area (Å²) in [6.07, 6.45) is 1.84. The molecule has 2 rings (SSSR count). The van der Waals surface area contributed by atoms with Gasteiger partial charge in [-0.25, -0.2) is 0 Å². The Kier molecular flexibility index (Phi) is 5.27. The summed E-state index contributed by atoms with van der Waals surface area (Å²) in [6, 6.07) is 3.79. The zero-order valence-electron chi connectivity index (χ0n) is 13.2. The Labute approximate surface area is 125 Å². The van der Waals surface area contributed by atoms with E-state index < -0.39 is 0 Å². The predicted octanol–water partition coefficient (Wildman–Crippen LogP) is -0.123. The largest absolute Gasteiger partial charge is 0.493 e. The molecule has 6 nitrogen and oxygen atoms in total. The zero-order chi connectivity index (χ0) is 15.2. The number of benzene rings is 1. The van der Waals surface area contributed by atoms with Gasteiger partial charge >= 0.3 is 0 Å². The molecule has 0 amide bonds. The summed E-state index contributed by atoms with van der Waals surface area (Å²) < 4.78 is 16.0. The number of methoxy groups -OCH3 is 3. The lowest BCUT2D eigenvalue weighted by Crippen LogP contribution is -3.11. The predicted molar refractivity (Wildman–Crippen MR) is 81.9 cm³/mol. The minimum Gasteiger partial charge on any atom is -0.493 e. The molecule has 0 saturated carbocycles. The topological polar surface area (TPSA) is 47.7 Å². The van der Waals surface area contributed by atoms with Crippen LogP contribution in [-0.2, 0) is 0 Å². The minimum absolute atomic E-state index is 0.598. The zero-order valence-corrected chi connectivity index (χ0v) is 13.2. The summed E-state index contributed by atoms with van der Waals surface area (Å²) in [5, 5.41) is 6.63. The number of hydrogen-bond acceptors (Lipinski definition) is 5. The Morgan fingerprint density at radius 1 is 1.05 bits per heavy atom. The van der Waals surface area contributed by atoms with Crippen molar-refractivity contribution < 1.29 is 19.1 Å². The number of hydrazone groups is 1. The second kappa shape index (κ2) is 7.17. The van der Waals surface area contributed by atoms with Crippen LogP contribution < -0.4 is 19.1 Å². The number of rotatable bonds is 5. The van der Waals surface area contributed by atoms with Gasteiger partial charge in [-0.3, -0.25) is 5.01 Å². The third kappa shape index (κ3) is 3.78. The SMILES string of the molecule is COc1cc(/C=N\N2CC[NH+](C)CC2)cc(OC)c1OC. The lowest BCUT2D eigenvalue weighted by Gasteiger charge is -2.27. The van der Waals surface area contributed by atoms with Crippen LogP contribution in [0.15, 0.2) is 17.2 Å². The molecular weight excluding hydrogens is 270 g/mol. The Morgan fingerprint density at radius 2 is 1.62 bits per heavy atom. The molecule has 0 aromatic heterocycles. The maximum Gasteiger partial charge on any atom is 0.203 e. The van der Waals surface area contributed by atoms with Crippen molar-refractivity contribution in [2.45, 2.75) is 0 Å². The van der Waals surface area contributed by atoms with Crippen LogP contribution >= 0.6 is 0 Å². The molecule has 0 spiro atoms. The van der Waals surface area contributed by atoms with Gasteiger partial charge in [-0.2, -0.15) is 5.10 Å². The maximum absolute atomic E-state index is 5.34. The smallest absolute Gasteiger partial charge is 0.203 e. The van der Waals surface area contributed by atoms with Gasteiger partial charge in [0.05, 0.1) is 60.8 Å². The fraction of sp³-hybridized carbons (Fsp3) is 0.533. The van der Waals surface area contributed by atoms with Gasteiger partial charge in [0.15, 0.2) is 11.5 Å². The molecule has 1 aromatic rings. The van der Waals surface area contributed by atoms with Gasteiger partial charge in [-0.05, 0) is 12.1 Å². The van der Waals surface area contributed by atoms with E-state index in [4.69, 9.17) is 14.2 Å². The summed E-state index contributed by atoms with van der Waals surface area (Å²) in [5.41, 5.74) is 0.927. The summed E-state index contributed by atoms with van der Waals surface area (Å²) >= 11 is 0. The van der Waals surface area contributed by atoms with Gasteiger partial charge in [-0.1, -0.05) is 0 Å². The van der Waals surface area contributed by atoms with Gasteiger partial charge in [0, 0.05) is 5.56 Å². The van der Waals surface area contributed by atoms with Crippen molar-refractivity contribution in [1.29, 1.82) is 0 Å². The Hall–Kier alpha value is -1.95. The van der Waals surface area contributed by atoms with Crippen LogP contribution in [0.25, 0.3) is 0 Å². The van der Waals surface area contributed by atoms with Crippen LogP contribution in [-0.4, -0.2) is 65.8 Å². The molecule has 0 bridgehead atoms. The van der Waals surface area contributed by atoms with Crippen molar-refractivity contribution in [3.05, 3.63) is 17.7 Å². The van der Waals surface area contributed by atoms with Crippen molar-refractivity contribution in [3.63, 3.8) is 0 Å². The molecule has 0 atom stereocenters. The monoisotopic (exact) mass is 294 g/mol. The Balaban J connectivity index is 2.16. The second-order valence-corrected chi connectivity index (χ2v) is 5.11. The van der Waals surface area contributed by atoms with Gasteiger partial charge in [0.2, 0.25) is 5.75 Å². The third-order valence-corrected chi connectivity index (χ3v) is 3.65. The second-order valence-electron chi connectivity index (χ2n) is 5.11. The minimum atomic E-state index is 0.598. The molecule has 0 unspecified atom stereocenters. The molecule has 1 fully saturated rings. The highest BCUT2D eigenvalue weighted by Crippen LogP contribution is 2.37. The van der Waals surface area contributed by atoms with Gasteiger partial charge in [0.1, 0.15) is 0 Å². The van der Waals surface area contributed by atoms with E-state index in [9.17, 15) is 0 Å². The van der Waals surface area contributed by atoms with Crippen LogP contribution in [0.4, 0.5) is 0 Å². The molecule has 1 saturated heterocycles. The lowest BCUT2D eigenvalue weighted by atomic mass is 10.2. The van der Waals surface area contributed by atoms with Crippen LogP contribution in [0.5, 0.6) is 17.2 Å². The van der Waals surface area contributed by atoms with Crippen molar-refractivity contribution >= 4 is 6.21 Å². The van der Waals surface area contributed by atoms with Gasteiger partial charge in [0.25, 0.3) is 0 Å². The first-order chi connectivity index (χ1) is 10.2. The van der Waals surface area contributed by atoms with E-state index in [2.05, 4.69) is 17.2 Å². The number of quaternary nitrogens is 1. The van der Waals surface area contributed by atoms with E-state index in [0.717, 1.165) is 31.7 Å². The Morgan fingerprint density at radius 3 is 2.10 bits per heavy atom. The van der Waals surface area contributed by atoms with E-state index in [1.807, 2.05) is 18.3 Å². The number of nitrogens with zero attached hydrogens (tertiary/aromatic N) is 2. The van der Waals surface area contributed by atoms with E-state index >= 15 is 0 Å². The summed E-state index contributed by atoms with van der Waals surface area (Å²) in [6.45, 7) is 4.19. The first-order valence-electron chi connectivity index (χ1n) is 7.08. The molecule has 1 aliphatic heterocycles. The normalized spacial score (nSPS) is 16.3. The Bertz CT molecular complexity index is 472. The van der Waals surface area contributed by atoms with Crippen LogP contribution in [0.3, 0.4) is 0 Å². The highest BCUT2D eigenvalue weighted by molar-refractivity contribution is 5.82. The van der Waals surface area contributed by atoms with E-state index in [1.165, 1.54) is 0 Å². The fourth-order valence-electron chi connectivity index (χ4n) is 2.32. The molecule has 1 aliphatic rings. The average molecular weight is 294 g/mol. The van der Waals surface area contributed by atoms with Crippen LogP contribution in [0.1, 0.15) is 5.56 Å². The number of hydrogen-bond donors (Lipinski definition) is 1. The molecule has 116 valence electrons. The lowest BCUT2D eigenvalue weighted by molar-refractivity contribution is -0.884. The van der Waals surface area contributed by atoms with Crippen molar-refractivity contribution in [1.82, 2.24) is 5.01 Å². The molecule has 21 heavy (non-hydrogen) atoms. The van der Waals surface area contributed by atoms with Crippen LogP contribution in [0.2, 0.25) is 0 Å². The first kappa shape index (κ1) is 15.4. The van der Waals surface area contributed by atoms with E-state index in [1.54, 1.807) is 26.2 Å². The molecule has 1 N–H and O–H groups in total. The molecule has 1 aromatic carbocycles. The van der Waals surface area contributed by atoms with Crippen molar-refractivity contribution in [2.75, 3.05) is 54.6 Å². The standard InChI is InChI=1S/C15H23N3O3/c1-17-5-7-18(8-6-17)16-11-12-9-13(19-2)15(21-4)14(10-12)20-3/h9-11H,5-8H2,1-4H3/p+1/b16-11-. The number of nitrogens with one attached hydrogen (secondary N) is 1. The van der Waals surface area contributed by atoms with Crippen LogP contribution in [0, 0.1) is 0 Å². The number of piperazine rings is 1. The molecular formula is C15H24N3O3+. The third-order valence-electron chi connectivity index (χ3n) is 3.65. The van der Waals surface area contributed by atoms with Crippen molar-refractivity contribution in [3.8, 4) is 17.2 Å². The molecule has 6 heteroatoms. The van der Waals surface area contributed by atoms with Gasteiger partial charge in [-0.15, -0.1) is 0 Å². The number of ether oxygens (including phenoxy) is 3. The summed E-state index contributed by atoms with van der Waals surface area (Å²) in [5.74, 6) is 1.88. The molecule has 0 aliphatic carbocycles. The molecule has 0 radical (unpaired) electrons.